The summed E-state index contributed by atoms with van der Waals surface area (Å²) < 4.78 is 33.7. The first-order valence-corrected chi connectivity index (χ1v) is 10.9. The normalized spacial score (nSPS) is 12.5. The first-order valence-electron chi connectivity index (χ1n) is 8.68. The predicted octanol–water partition coefficient (Wildman–Crippen LogP) is 2.89. The molecule has 0 fully saturated rings. The van der Waals surface area contributed by atoms with Gasteiger partial charge in [-0.2, -0.15) is 4.99 Å². The van der Waals surface area contributed by atoms with Gasteiger partial charge >= 0.3 is 0 Å². The summed E-state index contributed by atoms with van der Waals surface area (Å²) in [5.41, 5.74) is 1.15. The van der Waals surface area contributed by atoms with Gasteiger partial charge < -0.3 is 9.30 Å². The number of methoxy groups -OCH3 is 1. The Bertz CT molecular complexity index is 1240. The molecule has 0 saturated heterocycles. The van der Waals surface area contributed by atoms with Crippen molar-refractivity contribution in [3.8, 4) is 5.75 Å². The number of hydrogen-bond acceptors (Lipinski definition) is 5. The first-order chi connectivity index (χ1) is 13.8. The number of thiazole rings is 1. The summed E-state index contributed by atoms with van der Waals surface area (Å²) in [6.07, 6.45) is 1.73. The molecular weight excluding hydrogens is 410 g/mol. The molecule has 3 aromatic rings. The fraction of sp³-hybridized carbons (Fsp3) is 0.200. The molecule has 7 nitrogen and oxygen atoms in total. The van der Waals surface area contributed by atoms with Gasteiger partial charge in [-0.15, -0.1) is 6.58 Å². The zero-order valence-corrected chi connectivity index (χ0v) is 18.0. The lowest BCUT2D eigenvalue weighted by molar-refractivity contribution is 0.0997. The number of aromatic nitrogens is 1. The van der Waals surface area contributed by atoms with E-state index in [-0.39, 0.29) is 4.90 Å². The van der Waals surface area contributed by atoms with E-state index in [1.165, 1.54) is 49.7 Å². The molecule has 152 valence electrons. The van der Waals surface area contributed by atoms with Crippen LogP contribution in [-0.2, 0) is 16.6 Å². The van der Waals surface area contributed by atoms with E-state index in [0.717, 1.165) is 14.5 Å². The molecule has 0 spiro atoms. The number of rotatable bonds is 6. The van der Waals surface area contributed by atoms with Crippen LogP contribution in [0.2, 0.25) is 0 Å². The van der Waals surface area contributed by atoms with Crippen LogP contribution in [0.25, 0.3) is 10.2 Å². The number of carbonyl (C=O) groups is 1. The van der Waals surface area contributed by atoms with Crippen LogP contribution in [0.3, 0.4) is 0 Å². The van der Waals surface area contributed by atoms with E-state index in [4.69, 9.17) is 4.74 Å². The van der Waals surface area contributed by atoms with Crippen molar-refractivity contribution in [3.05, 3.63) is 65.5 Å². The Balaban J connectivity index is 2.06. The molecule has 0 N–H and O–H groups in total. The van der Waals surface area contributed by atoms with E-state index in [1.54, 1.807) is 13.2 Å². The maximum Gasteiger partial charge on any atom is 0.279 e. The summed E-state index contributed by atoms with van der Waals surface area (Å²) in [5, 5.41) is 0. The summed E-state index contributed by atoms with van der Waals surface area (Å²) in [6, 6.07) is 11.4. The Morgan fingerprint density at radius 3 is 2.52 bits per heavy atom. The molecule has 0 aliphatic carbocycles. The van der Waals surface area contributed by atoms with E-state index in [9.17, 15) is 13.2 Å². The van der Waals surface area contributed by atoms with E-state index < -0.39 is 15.9 Å². The smallest absolute Gasteiger partial charge is 0.279 e. The largest absolute Gasteiger partial charge is 0.495 e. The van der Waals surface area contributed by atoms with Gasteiger partial charge in [0, 0.05) is 26.2 Å². The Morgan fingerprint density at radius 2 is 1.93 bits per heavy atom. The van der Waals surface area contributed by atoms with E-state index in [0.29, 0.717) is 22.7 Å². The topological polar surface area (TPSA) is 81.0 Å². The third-order valence-electron chi connectivity index (χ3n) is 4.27. The number of carbonyl (C=O) groups excluding carboxylic acids is 1. The highest BCUT2D eigenvalue weighted by atomic mass is 32.2. The summed E-state index contributed by atoms with van der Waals surface area (Å²) >= 11 is 1.37. The number of amides is 1. The number of ether oxygens (including phenoxy) is 1. The molecule has 1 aromatic heterocycles. The maximum atomic E-state index is 12.7. The van der Waals surface area contributed by atoms with Gasteiger partial charge in [-0.3, -0.25) is 4.79 Å². The van der Waals surface area contributed by atoms with E-state index in [1.807, 2.05) is 22.8 Å². The molecule has 0 aliphatic heterocycles. The number of para-hydroxylation sites is 1. The van der Waals surface area contributed by atoms with Crippen LogP contribution in [-0.4, -0.2) is 44.4 Å². The lowest BCUT2D eigenvalue weighted by atomic mass is 10.2. The molecule has 1 amide bonds. The Hall–Kier alpha value is -2.75. The number of nitrogens with zero attached hydrogens (tertiary/aromatic N) is 3. The van der Waals surface area contributed by atoms with Gasteiger partial charge in [-0.25, -0.2) is 12.7 Å². The van der Waals surface area contributed by atoms with Crippen molar-refractivity contribution in [2.45, 2.75) is 11.4 Å². The second-order valence-electron chi connectivity index (χ2n) is 6.32. The lowest BCUT2D eigenvalue weighted by Gasteiger charge is -2.11. The predicted molar refractivity (Wildman–Crippen MR) is 114 cm³/mol. The van der Waals surface area contributed by atoms with Gasteiger partial charge in [0.2, 0.25) is 10.0 Å². The summed E-state index contributed by atoms with van der Waals surface area (Å²) in [6.45, 7) is 4.24. The molecule has 0 aliphatic rings. The summed E-state index contributed by atoms with van der Waals surface area (Å²) in [5.74, 6) is 0.231. The molecule has 29 heavy (non-hydrogen) atoms. The zero-order chi connectivity index (χ0) is 21.2. The van der Waals surface area contributed by atoms with Crippen molar-refractivity contribution in [2.75, 3.05) is 21.2 Å². The van der Waals surface area contributed by atoms with Crippen LogP contribution in [0.1, 0.15) is 10.4 Å². The molecule has 0 unspecified atom stereocenters. The zero-order valence-electron chi connectivity index (χ0n) is 16.3. The van der Waals surface area contributed by atoms with Crippen LogP contribution in [0, 0.1) is 0 Å². The Kier molecular flexibility index (Phi) is 6.02. The van der Waals surface area contributed by atoms with Crippen LogP contribution >= 0.6 is 11.3 Å². The van der Waals surface area contributed by atoms with Gasteiger partial charge in [0.1, 0.15) is 11.3 Å². The molecule has 0 saturated carbocycles. The van der Waals surface area contributed by atoms with Gasteiger partial charge in [-0.1, -0.05) is 23.5 Å². The van der Waals surface area contributed by atoms with Crippen molar-refractivity contribution in [1.29, 1.82) is 0 Å². The molecule has 0 atom stereocenters. The van der Waals surface area contributed by atoms with Crippen LogP contribution in [0.5, 0.6) is 5.75 Å². The second-order valence-corrected chi connectivity index (χ2v) is 9.48. The molecule has 0 bridgehead atoms. The van der Waals surface area contributed by atoms with E-state index in [2.05, 4.69) is 11.6 Å². The summed E-state index contributed by atoms with van der Waals surface area (Å²) in [7, 11) is 0.953. The molecule has 1 heterocycles. The number of allylic oxidation sites excluding steroid dienone is 1. The number of sulfonamides is 1. The van der Waals surface area contributed by atoms with Crippen LogP contribution < -0.4 is 9.54 Å². The lowest BCUT2D eigenvalue weighted by Crippen LogP contribution is -2.22. The van der Waals surface area contributed by atoms with Crippen molar-refractivity contribution in [2.24, 2.45) is 4.99 Å². The highest BCUT2D eigenvalue weighted by Gasteiger charge is 2.18. The highest BCUT2D eigenvalue weighted by Crippen LogP contribution is 2.27. The van der Waals surface area contributed by atoms with Crippen molar-refractivity contribution >= 4 is 37.5 Å². The average molecular weight is 432 g/mol. The minimum atomic E-state index is -3.55. The minimum absolute atomic E-state index is 0.118. The first kappa shape index (κ1) is 21.0. The SMILES string of the molecule is C=CCn1c(=NC(=O)c2ccc(S(=O)(=O)N(C)C)cc2)sc2cccc(OC)c21. The standard InChI is InChI=1S/C20H21N3O4S2/c1-5-13-23-18-16(27-4)7-6-8-17(18)28-20(23)21-19(24)14-9-11-15(12-10-14)29(25,26)22(2)3/h5-12H,1,13H2,2-4H3. The maximum absolute atomic E-state index is 12.7. The third kappa shape index (κ3) is 4.02. The molecule has 0 radical (unpaired) electrons. The number of hydrogen-bond donors (Lipinski definition) is 0. The molecule has 3 rings (SSSR count). The number of fused-ring (bicyclic) bond motifs is 1. The van der Waals surface area contributed by atoms with Crippen molar-refractivity contribution in [3.63, 3.8) is 0 Å². The van der Waals surface area contributed by atoms with Gasteiger partial charge in [0.05, 0.1) is 16.7 Å². The van der Waals surface area contributed by atoms with Gasteiger partial charge in [0.15, 0.2) is 4.80 Å². The van der Waals surface area contributed by atoms with Crippen molar-refractivity contribution in [1.82, 2.24) is 8.87 Å². The monoisotopic (exact) mass is 431 g/mol. The Labute approximate surface area is 173 Å². The van der Waals surface area contributed by atoms with Gasteiger partial charge in [0.25, 0.3) is 5.91 Å². The quantitative estimate of drug-likeness (QED) is 0.562. The third-order valence-corrected chi connectivity index (χ3v) is 7.15. The Morgan fingerprint density at radius 1 is 1.24 bits per heavy atom. The number of benzene rings is 2. The summed E-state index contributed by atoms with van der Waals surface area (Å²) in [4.78, 5) is 17.6. The molecular formula is C20H21N3O4S2. The fourth-order valence-corrected chi connectivity index (χ4v) is 4.73. The second kappa shape index (κ2) is 8.32. The van der Waals surface area contributed by atoms with Gasteiger partial charge in [-0.05, 0) is 36.4 Å². The van der Waals surface area contributed by atoms with Crippen LogP contribution in [0.4, 0.5) is 0 Å². The van der Waals surface area contributed by atoms with Crippen LogP contribution in [0.15, 0.2) is 65.0 Å². The minimum Gasteiger partial charge on any atom is -0.495 e. The highest BCUT2D eigenvalue weighted by molar-refractivity contribution is 7.89. The fourth-order valence-electron chi connectivity index (χ4n) is 2.78. The average Bonchev–Trinajstić information content (AvgIpc) is 3.05. The molecule has 9 heteroatoms. The van der Waals surface area contributed by atoms with Crippen molar-refractivity contribution < 1.29 is 17.9 Å². The molecule has 2 aromatic carbocycles. The van der Waals surface area contributed by atoms with E-state index >= 15 is 0 Å².